The molecule has 0 atom stereocenters. The van der Waals surface area contributed by atoms with Crippen molar-refractivity contribution in [3.63, 3.8) is 0 Å². The molecule has 1 aromatic heterocycles. The van der Waals surface area contributed by atoms with Gasteiger partial charge in [-0.15, -0.1) is 0 Å². The highest BCUT2D eigenvalue weighted by atomic mass is 16.1. The molecule has 0 spiro atoms. The predicted octanol–water partition coefficient (Wildman–Crippen LogP) is 2.92. The van der Waals surface area contributed by atoms with Crippen molar-refractivity contribution in [1.29, 1.82) is 0 Å². The number of anilines is 1. The number of rotatable bonds is 4. The average Bonchev–Trinajstić information content (AvgIpc) is 2.14. The second-order valence-electron chi connectivity index (χ2n) is 5.75. The first-order valence-corrected chi connectivity index (χ1v) is 5.90. The van der Waals surface area contributed by atoms with Gasteiger partial charge in [-0.2, -0.15) is 0 Å². The number of carbonyl (C=O) groups is 1. The fraction of sp³-hybridized carbons (Fsp3) is 0.615. The lowest BCUT2D eigenvalue weighted by Crippen LogP contribution is -2.16. The van der Waals surface area contributed by atoms with Crippen molar-refractivity contribution in [1.82, 2.24) is 9.97 Å². The van der Waals surface area contributed by atoms with E-state index in [-0.39, 0.29) is 17.2 Å². The molecule has 17 heavy (non-hydrogen) atoms. The summed E-state index contributed by atoms with van der Waals surface area (Å²) in [6.45, 7) is 10.2. The maximum absolute atomic E-state index is 12.0. The minimum atomic E-state index is -0.0202. The van der Waals surface area contributed by atoms with Crippen molar-refractivity contribution < 1.29 is 4.79 Å². The number of aromatic nitrogens is 2. The highest BCUT2D eigenvalue weighted by molar-refractivity contribution is 5.95. The summed E-state index contributed by atoms with van der Waals surface area (Å²) in [7, 11) is 0. The van der Waals surface area contributed by atoms with E-state index < -0.39 is 0 Å². The zero-order valence-electron chi connectivity index (χ0n) is 11.2. The second-order valence-corrected chi connectivity index (χ2v) is 5.75. The zero-order valence-corrected chi connectivity index (χ0v) is 11.2. The molecule has 0 unspecified atom stereocenters. The molecule has 1 aromatic rings. The summed E-state index contributed by atoms with van der Waals surface area (Å²) in [5, 5.41) is 3.16. The Bertz CT molecular complexity index is 394. The van der Waals surface area contributed by atoms with E-state index in [9.17, 15) is 4.79 Å². The van der Waals surface area contributed by atoms with Gasteiger partial charge in [0.25, 0.3) is 0 Å². The molecule has 0 radical (unpaired) electrons. The Morgan fingerprint density at radius 1 is 1.35 bits per heavy atom. The molecule has 4 nitrogen and oxygen atoms in total. The molecule has 0 aliphatic rings. The molecule has 0 amide bonds. The van der Waals surface area contributed by atoms with Gasteiger partial charge < -0.3 is 5.32 Å². The van der Waals surface area contributed by atoms with Crippen molar-refractivity contribution in [2.45, 2.75) is 47.1 Å². The Morgan fingerprint density at radius 3 is 2.53 bits per heavy atom. The van der Waals surface area contributed by atoms with Gasteiger partial charge in [0.15, 0.2) is 5.78 Å². The second kappa shape index (κ2) is 5.25. The minimum absolute atomic E-state index is 0.0202. The van der Waals surface area contributed by atoms with Crippen LogP contribution in [-0.2, 0) is 0 Å². The summed E-state index contributed by atoms with van der Waals surface area (Å²) >= 11 is 0. The summed E-state index contributed by atoms with van der Waals surface area (Å²) in [5.74, 6) is 0.763. The van der Waals surface area contributed by atoms with Gasteiger partial charge in [0, 0.05) is 18.5 Å². The van der Waals surface area contributed by atoms with Crippen LogP contribution in [0, 0.1) is 5.41 Å². The monoisotopic (exact) mass is 235 g/mol. The van der Waals surface area contributed by atoms with E-state index in [1.807, 2.05) is 34.6 Å². The number of Topliss-reactive ketones (excluding diaryl/α,β-unsaturated/α-hetero) is 1. The molecule has 1 rings (SSSR count). The van der Waals surface area contributed by atoms with Crippen LogP contribution in [-0.4, -0.2) is 21.8 Å². The van der Waals surface area contributed by atoms with Gasteiger partial charge in [-0.05, 0) is 19.3 Å². The molecule has 0 saturated carbocycles. The third-order valence-electron chi connectivity index (χ3n) is 2.08. The van der Waals surface area contributed by atoms with Crippen molar-refractivity contribution in [2.75, 3.05) is 5.32 Å². The van der Waals surface area contributed by atoms with Gasteiger partial charge >= 0.3 is 0 Å². The number of ketones is 1. The first-order valence-electron chi connectivity index (χ1n) is 5.90. The Hall–Kier alpha value is -1.45. The van der Waals surface area contributed by atoms with E-state index in [1.165, 1.54) is 6.33 Å². The van der Waals surface area contributed by atoms with Crippen molar-refractivity contribution in [3.05, 3.63) is 18.1 Å². The van der Waals surface area contributed by atoms with Gasteiger partial charge in [0.1, 0.15) is 17.8 Å². The maximum atomic E-state index is 12.0. The molecule has 0 fully saturated rings. The van der Waals surface area contributed by atoms with Crippen LogP contribution in [0.5, 0.6) is 0 Å². The average molecular weight is 235 g/mol. The highest BCUT2D eigenvalue weighted by Crippen LogP contribution is 2.21. The quantitative estimate of drug-likeness (QED) is 0.815. The van der Waals surface area contributed by atoms with Crippen LogP contribution in [0.2, 0.25) is 0 Å². The third-order valence-corrected chi connectivity index (χ3v) is 2.08. The molecular formula is C13H21N3O. The van der Waals surface area contributed by atoms with E-state index in [0.717, 1.165) is 0 Å². The third kappa shape index (κ3) is 4.93. The lowest BCUT2D eigenvalue weighted by Gasteiger charge is -2.16. The van der Waals surface area contributed by atoms with Crippen LogP contribution in [0.15, 0.2) is 12.4 Å². The standard InChI is InChI=1S/C13H21N3O/c1-9(2)16-12-6-10(14-8-15-12)11(17)7-13(3,4)5/h6,8-9H,7H2,1-5H3,(H,14,15,16). The van der Waals surface area contributed by atoms with Crippen LogP contribution in [0.3, 0.4) is 0 Å². The van der Waals surface area contributed by atoms with Gasteiger partial charge in [0.05, 0.1) is 0 Å². The Kier molecular flexibility index (Phi) is 4.21. The van der Waals surface area contributed by atoms with Crippen molar-refractivity contribution >= 4 is 11.6 Å². The van der Waals surface area contributed by atoms with Crippen LogP contribution in [0.1, 0.15) is 51.5 Å². The van der Waals surface area contributed by atoms with Gasteiger partial charge in [-0.3, -0.25) is 4.79 Å². The van der Waals surface area contributed by atoms with Crippen LogP contribution >= 0.6 is 0 Å². The Labute approximate surface area is 103 Å². The summed E-state index contributed by atoms with van der Waals surface area (Å²) in [5.41, 5.74) is 0.464. The topological polar surface area (TPSA) is 54.9 Å². The van der Waals surface area contributed by atoms with Crippen molar-refractivity contribution in [2.24, 2.45) is 5.41 Å². The molecule has 94 valence electrons. The Morgan fingerprint density at radius 2 is 2.00 bits per heavy atom. The summed E-state index contributed by atoms with van der Waals surface area (Å²) < 4.78 is 0. The number of nitrogens with zero attached hydrogens (tertiary/aromatic N) is 2. The molecule has 0 bridgehead atoms. The molecular weight excluding hydrogens is 214 g/mol. The zero-order chi connectivity index (χ0) is 13.1. The van der Waals surface area contributed by atoms with Crippen molar-refractivity contribution in [3.8, 4) is 0 Å². The van der Waals surface area contributed by atoms with E-state index in [0.29, 0.717) is 17.9 Å². The molecule has 1 N–H and O–H groups in total. The van der Waals surface area contributed by atoms with Gasteiger partial charge in [-0.1, -0.05) is 20.8 Å². The summed E-state index contributed by atoms with van der Waals surface area (Å²) in [6.07, 6.45) is 1.92. The Balaban J connectivity index is 2.81. The lowest BCUT2D eigenvalue weighted by atomic mass is 9.89. The number of hydrogen-bond donors (Lipinski definition) is 1. The fourth-order valence-electron chi connectivity index (χ4n) is 1.46. The van der Waals surface area contributed by atoms with E-state index in [2.05, 4.69) is 15.3 Å². The van der Waals surface area contributed by atoms with E-state index in [1.54, 1.807) is 6.07 Å². The largest absolute Gasteiger partial charge is 0.368 e. The highest BCUT2D eigenvalue weighted by Gasteiger charge is 2.18. The molecule has 1 heterocycles. The van der Waals surface area contributed by atoms with E-state index in [4.69, 9.17) is 0 Å². The summed E-state index contributed by atoms with van der Waals surface area (Å²) in [6, 6.07) is 2.00. The fourth-order valence-corrected chi connectivity index (χ4v) is 1.46. The molecule has 0 aromatic carbocycles. The SMILES string of the molecule is CC(C)Nc1cc(C(=O)CC(C)(C)C)ncn1. The summed E-state index contributed by atoms with van der Waals surface area (Å²) in [4.78, 5) is 20.1. The molecule has 4 heteroatoms. The van der Waals surface area contributed by atoms with Gasteiger partial charge in [0.2, 0.25) is 0 Å². The minimum Gasteiger partial charge on any atom is -0.368 e. The van der Waals surface area contributed by atoms with Crippen LogP contribution in [0.4, 0.5) is 5.82 Å². The maximum Gasteiger partial charge on any atom is 0.181 e. The number of hydrogen-bond acceptors (Lipinski definition) is 4. The smallest absolute Gasteiger partial charge is 0.181 e. The van der Waals surface area contributed by atoms with Crippen LogP contribution in [0.25, 0.3) is 0 Å². The first-order chi connectivity index (χ1) is 7.78. The molecule has 0 saturated heterocycles. The van der Waals surface area contributed by atoms with Crippen LogP contribution < -0.4 is 5.32 Å². The molecule has 0 aliphatic heterocycles. The first kappa shape index (κ1) is 13.6. The van der Waals surface area contributed by atoms with E-state index >= 15 is 0 Å². The number of nitrogens with one attached hydrogen (secondary N) is 1. The molecule has 0 aliphatic carbocycles. The van der Waals surface area contributed by atoms with Gasteiger partial charge in [-0.25, -0.2) is 9.97 Å². The number of carbonyl (C=O) groups excluding carboxylic acids is 1. The predicted molar refractivity (Wildman–Crippen MR) is 69.2 cm³/mol. The normalized spacial score (nSPS) is 11.6. The lowest BCUT2D eigenvalue weighted by molar-refractivity contribution is 0.0935.